The highest BCUT2D eigenvalue weighted by Crippen LogP contribution is 2.31. The minimum atomic E-state index is -0.200. The van der Waals surface area contributed by atoms with E-state index in [1.165, 1.54) is 23.1 Å². The van der Waals surface area contributed by atoms with Crippen LogP contribution in [0, 0.1) is 0 Å². The average molecular weight is 439 g/mol. The second kappa shape index (κ2) is 8.78. The Morgan fingerprint density at radius 2 is 1.72 bits per heavy atom. The molecule has 0 bridgehead atoms. The molecule has 0 unspecified atom stereocenters. The Balaban J connectivity index is 1.44. The van der Waals surface area contributed by atoms with Gasteiger partial charge in [0.15, 0.2) is 10.1 Å². The SMILES string of the molecule is O=C(CSc1nc2ccc(NC(=O)c3ccc(Cl)cc3)cc2s1)c1ccccc1. The van der Waals surface area contributed by atoms with Crippen LogP contribution in [0.1, 0.15) is 20.7 Å². The Labute approximate surface area is 180 Å². The molecular formula is C22H15ClN2O2S2. The number of anilines is 1. The van der Waals surface area contributed by atoms with Crippen LogP contribution in [0.4, 0.5) is 5.69 Å². The number of thioether (sulfide) groups is 1. The molecule has 1 aromatic heterocycles. The number of nitrogens with zero attached hydrogens (tertiary/aromatic N) is 1. The lowest BCUT2D eigenvalue weighted by atomic mass is 10.2. The number of nitrogens with one attached hydrogen (secondary N) is 1. The molecule has 144 valence electrons. The molecule has 1 heterocycles. The number of aromatic nitrogens is 1. The van der Waals surface area contributed by atoms with Crippen LogP contribution in [0.5, 0.6) is 0 Å². The number of rotatable bonds is 6. The largest absolute Gasteiger partial charge is 0.322 e. The third kappa shape index (κ3) is 4.85. The molecule has 0 saturated heterocycles. The number of fused-ring (bicyclic) bond motifs is 1. The quantitative estimate of drug-likeness (QED) is 0.288. The van der Waals surface area contributed by atoms with Crippen molar-refractivity contribution in [2.24, 2.45) is 0 Å². The number of carbonyl (C=O) groups excluding carboxylic acids is 2. The normalized spacial score (nSPS) is 10.8. The van der Waals surface area contributed by atoms with Crippen molar-refractivity contribution in [3.63, 3.8) is 0 Å². The summed E-state index contributed by atoms with van der Waals surface area (Å²) >= 11 is 8.79. The van der Waals surface area contributed by atoms with Crippen LogP contribution in [0.2, 0.25) is 5.02 Å². The van der Waals surface area contributed by atoms with Crippen LogP contribution in [0.25, 0.3) is 10.2 Å². The van der Waals surface area contributed by atoms with E-state index >= 15 is 0 Å². The van der Waals surface area contributed by atoms with Gasteiger partial charge in [-0.05, 0) is 42.5 Å². The summed E-state index contributed by atoms with van der Waals surface area (Å²) in [6.45, 7) is 0. The van der Waals surface area contributed by atoms with Gasteiger partial charge in [0.1, 0.15) is 0 Å². The van der Waals surface area contributed by atoms with Crippen LogP contribution in [0.3, 0.4) is 0 Å². The molecule has 0 aliphatic carbocycles. The summed E-state index contributed by atoms with van der Waals surface area (Å²) in [4.78, 5) is 29.2. The maximum atomic E-state index is 12.4. The Bertz CT molecular complexity index is 1170. The molecule has 0 aliphatic heterocycles. The van der Waals surface area contributed by atoms with Gasteiger partial charge >= 0.3 is 0 Å². The number of amides is 1. The van der Waals surface area contributed by atoms with Crippen molar-refractivity contribution in [1.29, 1.82) is 0 Å². The molecule has 4 nitrogen and oxygen atoms in total. The van der Waals surface area contributed by atoms with Crippen LogP contribution < -0.4 is 5.32 Å². The molecule has 7 heteroatoms. The van der Waals surface area contributed by atoms with Gasteiger partial charge in [-0.15, -0.1) is 11.3 Å². The number of thiazole rings is 1. The molecule has 1 N–H and O–H groups in total. The predicted octanol–water partition coefficient (Wildman–Crippen LogP) is 6.18. The van der Waals surface area contributed by atoms with E-state index in [2.05, 4.69) is 10.3 Å². The van der Waals surface area contributed by atoms with E-state index in [4.69, 9.17) is 11.6 Å². The van der Waals surface area contributed by atoms with Crippen molar-refractivity contribution in [2.75, 3.05) is 11.1 Å². The highest BCUT2D eigenvalue weighted by Gasteiger charge is 2.11. The first kappa shape index (κ1) is 19.6. The van der Waals surface area contributed by atoms with Gasteiger partial charge in [0, 0.05) is 21.8 Å². The van der Waals surface area contributed by atoms with Crippen molar-refractivity contribution in [1.82, 2.24) is 4.98 Å². The van der Waals surface area contributed by atoms with E-state index in [0.29, 0.717) is 27.6 Å². The third-order valence-corrected chi connectivity index (χ3v) is 6.57. The van der Waals surface area contributed by atoms with Gasteiger partial charge in [-0.3, -0.25) is 9.59 Å². The second-order valence-corrected chi connectivity index (χ2v) is 8.89. The van der Waals surface area contributed by atoms with Crippen LogP contribution in [0.15, 0.2) is 77.1 Å². The zero-order chi connectivity index (χ0) is 20.2. The minimum absolute atomic E-state index is 0.0748. The minimum Gasteiger partial charge on any atom is -0.322 e. The third-order valence-electron chi connectivity index (χ3n) is 4.16. The smallest absolute Gasteiger partial charge is 0.255 e. The van der Waals surface area contributed by atoms with Crippen LogP contribution >= 0.6 is 34.7 Å². The number of hydrogen-bond acceptors (Lipinski definition) is 5. The Hall–Kier alpha value is -2.67. The summed E-state index contributed by atoms with van der Waals surface area (Å²) < 4.78 is 1.78. The monoisotopic (exact) mass is 438 g/mol. The number of benzene rings is 3. The average Bonchev–Trinajstić information content (AvgIpc) is 3.15. The van der Waals surface area contributed by atoms with E-state index in [9.17, 15) is 9.59 Å². The van der Waals surface area contributed by atoms with Gasteiger partial charge in [-0.2, -0.15) is 0 Å². The molecular weight excluding hydrogens is 424 g/mol. The Kier molecular flexibility index (Phi) is 5.94. The summed E-state index contributed by atoms with van der Waals surface area (Å²) in [6.07, 6.45) is 0. The van der Waals surface area contributed by atoms with E-state index < -0.39 is 0 Å². The molecule has 1 amide bonds. The summed E-state index contributed by atoms with van der Waals surface area (Å²) in [7, 11) is 0. The highest BCUT2D eigenvalue weighted by molar-refractivity contribution is 8.01. The molecule has 0 saturated carbocycles. The first-order valence-corrected chi connectivity index (χ1v) is 10.9. The first-order valence-electron chi connectivity index (χ1n) is 8.77. The number of carbonyl (C=O) groups is 2. The molecule has 4 aromatic rings. The van der Waals surface area contributed by atoms with E-state index in [1.54, 1.807) is 24.3 Å². The lowest BCUT2D eigenvalue weighted by Crippen LogP contribution is -2.11. The molecule has 0 aliphatic rings. The van der Waals surface area contributed by atoms with Gasteiger partial charge in [-0.25, -0.2) is 4.98 Å². The molecule has 4 rings (SSSR count). The first-order chi connectivity index (χ1) is 14.1. The van der Waals surface area contributed by atoms with Crippen molar-refractivity contribution >= 4 is 62.3 Å². The van der Waals surface area contributed by atoms with Crippen molar-refractivity contribution < 1.29 is 9.59 Å². The Morgan fingerprint density at radius 1 is 0.966 bits per heavy atom. The second-order valence-electron chi connectivity index (χ2n) is 6.20. The fourth-order valence-electron chi connectivity index (χ4n) is 2.68. The number of halogens is 1. The van der Waals surface area contributed by atoms with Gasteiger partial charge < -0.3 is 5.32 Å². The summed E-state index contributed by atoms with van der Waals surface area (Å²) in [5, 5.41) is 3.47. The molecule has 3 aromatic carbocycles. The van der Waals surface area contributed by atoms with Crippen molar-refractivity contribution in [3.8, 4) is 0 Å². The number of ketones is 1. The molecule has 29 heavy (non-hydrogen) atoms. The Morgan fingerprint density at radius 3 is 2.48 bits per heavy atom. The maximum absolute atomic E-state index is 12.4. The van der Waals surface area contributed by atoms with Crippen molar-refractivity contribution in [3.05, 3.63) is 88.9 Å². The van der Waals surface area contributed by atoms with E-state index in [0.717, 1.165) is 14.6 Å². The van der Waals surface area contributed by atoms with E-state index in [-0.39, 0.29) is 11.7 Å². The van der Waals surface area contributed by atoms with Crippen LogP contribution in [-0.2, 0) is 0 Å². The molecule has 0 radical (unpaired) electrons. The lowest BCUT2D eigenvalue weighted by Gasteiger charge is -2.05. The molecule has 0 atom stereocenters. The number of Topliss-reactive ketones (excluding diaryl/α,β-unsaturated/α-hetero) is 1. The lowest BCUT2D eigenvalue weighted by molar-refractivity contribution is 0.101. The molecule has 0 fully saturated rings. The van der Waals surface area contributed by atoms with Gasteiger partial charge in [0.25, 0.3) is 5.91 Å². The summed E-state index contributed by atoms with van der Waals surface area (Å²) in [5.41, 5.74) is 2.77. The standard InChI is InChI=1S/C22H15ClN2O2S2/c23-16-8-6-15(7-9-16)21(27)24-17-10-11-18-20(12-17)29-22(25-18)28-13-19(26)14-4-2-1-3-5-14/h1-12H,13H2,(H,24,27). The van der Waals surface area contributed by atoms with Gasteiger partial charge in [0.05, 0.1) is 16.0 Å². The van der Waals surface area contributed by atoms with E-state index in [1.807, 2.05) is 48.5 Å². The summed E-state index contributed by atoms with van der Waals surface area (Å²) in [5.74, 6) is 0.212. The summed E-state index contributed by atoms with van der Waals surface area (Å²) in [6, 6.07) is 21.5. The van der Waals surface area contributed by atoms with Gasteiger partial charge in [-0.1, -0.05) is 53.7 Å². The number of hydrogen-bond donors (Lipinski definition) is 1. The fourth-order valence-corrected chi connectivity index (χ4v) is 4.81. The van der Waals surface area contributed by atoms with Crippen LogP contribution in [-0.4, -0.2) is 22.4 Å². The predicted molar refractivity (Wildman–Crippen MR) is 121 cm³/mol. The maximum Gasteiger partial charge on any atom is 0.255 e. The van der Waals surface area contributed by atoms with Gasteiger partial charge in [0.2, 0.25) is 0 Å². The van der Waals surface area contributed by atoms with Crippen molar-refractivity contribution in [2.45, 2.75) is 4.34 Å². The zero-order valence-electron chi connectivity index (χ0n) is 15.1. The highest BCUT2D eigenvalue weighted by atomic mass is 35.5. The molecule has 0 spiro atoms. The topological polar surface area (TPSA) is 59.1 Å². The fraction of sp³-hybridized carbons (Fsp3) is 0.0455. The zero-order valence-corrected chi connectivity index (χ0v) is 17.5.